The topological polar surface area (TPSA) is 163 Å². The number of nitrogens with one attached hydrogen (secondary N) is 2. The van der Waals surface area contributed by atoms with Crippen LogP contribution in [0.1, 0.15) is 20.8 Å². The summed E-state index contributed by atoms with van der Waals surface area (Å²) in [5, 5.41) is -0.809. The van der Waals surface area contributed by atoms with Crippen molar-refractivity contribution in [2.24, 2.45) is 0 Å². The minimum absolute atomic E-state index is 0.0478. The van der Waals surface area contributed by atoms with E-state index in [1.807, 2.05) is 0 Å². The summed E-state index contributed by atoms with van der Waals surface area (Å²) in [5.41, 5.74) is -1.46. The Hall–Kier alpha value is -2.80. The zero-order chi connectivity index (χ0) is 21.3. The van der Waals surface area contributed by atoms with Crippen LogP contribution in [-0.4, -0.2) is 64.3 Å². The third kappa shape index (κ3) is 4.62. The molecule has 0 saturated carbocycles. The van der Waals surface area contributed by atoms with Gasteiger partial charge in [0.25, 0.3) is 5.56 Å². The number of H-pyrrole nitrogens is 2. The first-order valence-corrected chi connectivity index (χ1v) is 9.37. The van der Waals surface area contributed by atoms with E-state index in [1.54, 1.807) is 0 Å². The molecule has 2 N–H and O–H groups in total. The lowest BCUT2D eigenvalue weighted by Crippen LogP contribution is -2.62. The smallest absolute Gasteiger partial charge is 0.328 e. The zero-order valence-corrected chi connectivity index (χ0v) is 16.4. The molecule has 0 aromatic carbocycles. The number of hydrogen-bond donors (Lipinski definition) is 2. The van der Waals surface area contributed by atoms with E-state index in [4.69, 9.17) is 23.7 Å². The summed E-state index contributed by atoms with van der Waals surface area (Å²) in [6.45, 7) is 3.22. The van der Waals surface area contributed by atoms with Crippen LogP contribution >= 0.6 is 11.8 Å². The molecule has 0 amide bonds. The second-order valence-corrected chi connectivity index (χ2v) is 7.45. The molecule has 3 rings (SSSR count). The van der Waals surface area contributed by atoms with Crippen molar-refractivity contribution in [1.82, 2.24) is 9.97 Å². The molecule has 0 spiro atoms. The highest BCUT2D eigenvalue weighted by atomic mass is 32.2. The van der Waals surface area contributed by atoms with Crippen LogP contribution in [0.15, 0.2) is 14.5 Å². The first-order chi connectivity index (χ1) is 13.7. The molecule has 0 aliphatic carbocycles. The van der Waals surface area contributed by atoms with Gasteiger partial charge in [0, 0.05) is 20.8 Å². The van der Waals surface area contributed by atoms with Gasteiger partial charge in [0.15, 0.2) is 12.2 Å². The molecule has 0 bridgehead atoms. The predicted octanol–water partition coefficient (Wildman–Crippen LogP) is -0.932. The standard InChI is InChI=1S/C16H18N2O10S/c1-5(19)24-4-8-9(25-6(2)20)10(26-7(3)21)11-15(27-8)28-14-12(29-11)13(22)17-16(23)18-14/h8-11,15H,4H2,1-3H3,(H2,17,18,22,23)/t8-,9+,10+,11-,15-/m1/s1. The molecule has 12 nitrogen and oxygen atoms in total. The van der Waals surface area contributed by atoms with E-state index in [9.17, 15) is 24.0 Å². The van der Waals surface area contributed by atoms with Gasteiger partial charge in [0.1, 0.15) is 22.9 Å². The Balaban J connectivity index is 1.99. The SMILES string of the molecule is CC(=O)OC[C@H]1O[C@@H]2Oc3[nH]c(=O)[nH]c(=O)c3S[C@@H]2[C@@H](OC(C)=O)[C@H]1OC(C)=O. The maximum absolute atomic E-state index is 12.1. The van der Waals surface area contributed by atoms with Crippen molar-refractivity contribution in [2.45, 2.75) is 55.5 Å². The number of carbonyl (C=O) groups is 3. The van der Waals surface area contributed by atoms with Crippen molar-refractivity contribution in [3.05, 3.63) is 20.8 Å². The number of rotatable bonds is 4. The molecule has 13 heteroatoms. The number of aromatic nitrogens is 2. The van der Waals surface area contributed by atoms with Crippen molar-refractivity contribution >= 4 is 29.7 Å². The lowest BCUT2D eigenvalue weighted by Gasteiger charge is -2.45. The molecule has 29 heavy (non-hydrogen) atoms. The fourth-order valence-corrected chi connectivity index (χ4v) is 4.20. The third-order valence-corrected chi connectivity index (χ3v) is 5.37. The minimum atomic E-state index is -1.13. The Morgan fingerprint density at radius 3 is 2.28 bits per heavy atom. The number of aromatic amines is 2. The summed E-state index contributed by atoms with van der Waals surface area (Å²) in [4.78, 5) is 62.6. The van der Waals surface area contributed by atoms with Crippen LogP contribution in [0.5, 0.6) is 5.88 Å². The molecule has 158 valence electrons. The summed E-state index contributed by atoms with van der Waals surface area (Å²) < 4.78 is 27.0. The second-order valence-electron chi connectivity index (χ2n) is 6.26. The van der Waals surface area contributed by atoms with E-state index < -0.39 is 59.0 Å². The van der Waals surface area contributed by atoms with Crippen LogP contribution in [0.25, 0.3) is 0 Å². The van der Waals surface area contributed by atoms with E-state index in [2.05, 4.69) is 9.97 Å². The predicted molar refractivity (Wildman–Crippen MR) is 94.4 cm³/mol. The lowest BCUT2D eigenvalue weighted by molar-refractivity contribution is -0.244. The molecule has 1 aromatic heterocycles. The molecule has 2 aliphatic rings. The van der Waals surface area contributed by atoms with E-state index in [0.717, 1.165) is 18.7 Å². The Kier molecular flexibility index (Phi) is 5.98. The number of esters is 3. The first kappa shape index (κ1) is 20.9. The van der Waals surface area contributed by atoms with Gasteiger partial charge in [0.05, 0.1) is 0 Å². The van der Waals surface area contributed by atoms with Gasteiger partial charge in [-0.25, -0.2) is 4.79 Å². The monoisotopic (exact) mass is 430 g/mol. The van der Waals surface area contributed by atoms with E-state index >= 15 is 0 Å². The molecule has 2 aliphatic heterocycles. The average molecular weight is 430 g/mol. The van der Waals surface area contributed by atoms with Crippen molar-refractivity contribution in [3.8, 4) is 5.88 Å². The van der Waals surface area contributed by atoms with Crippen molar-refractivity contribution in [2.75, 3.05) is 6.61 Å². The van der Waals surface area contributed by atoms with E-state index in [1.165, 1.54) is 13.8 Å². The second kappa shape index (κ2) is 8.29. The highest BCUT2D eigenvalue weighted by Crippen LogP contribution is 2.43. The fraction of sp³-hybridized carbons (Fsp3) is 0.562. The zero-order valence-electron chi connectivity index (χ0n) is 15.6. The summed E-state index contributed by atoms with van der Waals surface area (Å²) >= 11 is 0.943. The van der Waals surface area contributed by atoms with Gasteiger partial charge in [-0.2, -0.15) is 0 Å². The molecule has 3 heterocycles. The first-order valence-electron chi connectivity index (χ1n) is 8.49. The average Bonchev–Trinajstić information content (AvgIpc) is 2.60. The van der Waals surface area contributed by atoms with Gasteiger partial charge in [-0.1, -0.05) is 0 Å². The Morgan fingerprint density at radius 2 is 1.66 bits per heavy atom. The third-order valence-electron chi connectivity index (χ3n) is 4.00. The van der Waals surface area contributed by atoms with Crippen LogP contribution in [-0.2, 0) is 33.3 Å². The van der Waals surface area contributed by atoms with Crippen molar-refractivity contribution in [3.63, 3.8) is 0 Å². The minimum Gasteiger partial charge on any atom is -0.463 e. The van der Waals surface area contributed by atoms with Gasteiger partial charge < -0.3 is 23.7 Å². The summed E-state index contributed by atoms with van der Waals surface area (Å²) in [7, 11) is 0. The fourth-order valence-electron chi connectivity index (χ4n) is 2.99. The summed E-state index contributed by atoms with van der Waals surface area (Å²) in [6.07, 6.45) is -4.33. The Bertz CT molecular complexity index is 940. The summed E-state index contributed by atoms with van der Waals surface area (Å²) in [5.74, 6) is -2.04. The van der Waals surface area contributed by atoms with Crippen LogP contribution in [0.3, 0.4) is 0 Å². The molecule has 1 aromatic rings. The molecule has 1 fully saturated rings. The molecule has 1 saturated heterocycles. The molecule has 0 radical (unpaired) electrons. The maximum atomic E-state index is 12.1. The molecule has 5 atom stereocenters. The number of fused-ring (bicyclic) bond motifs is 2. The normalized spacial score (nSPS) is 27.6. The largest absolute Gasteiger partial charge is 0.463 e. The maximum Gasteiger partial charge on any atom is 0.328 e. The van der Waals surface area contributed by atoms with Gasteiger partial charge in [-0.15, -0.1) is 11.8 Å². The van der Waals surface area contributed by atoms with Crippen LogP contribution in [0.4, 0.5) is 0 Å². The number of hydrogen-bond acceptors (Lipinski definition) is 11. The van der Waals surface area contributed by atoms with Gasteiger partial charge in [-0.3, -0.25) is 29.1 Å². The molecule has 0 unspecified atom stereocenters. The van der Waals surface area contributed by atoms with Gasteiger partial charge in [-0.05, 0) is 0 Å². The quantitative estimate of drug-likeness (QED) is 0.448. The van der Waals surface area contributed by atoms with Crippen LogP contribution < -0.4 is 16.0 Å². The van der Waals surface area contributed by atoms with Crippen LogP contribution in [0, 0.1) is 0 Å². The van der Waals surface area contributed by atoms with Crippen molar-refractivity contribution in [1.29, 1.82) is 0 Å². The summed E-state index contributed by atoms with van der Waals surface area (Å²) in [6, 6.07) is 0. The van der Waals surface area contributed by atoms with Gasteiger partial charge >= 0.3 is 23.6 Å². The Labute approximate surface area is 167 Å². The van der Waals surface area contributed by atoms with Crippen LogP contribution in [0.2, 0.25) is 0 Å². The van der Waals surface area contributed by atoms with E-state index in [0.29, 0.717) is 0 Å². The van der Waals surface area contributed by atoms with Gasteiger partial charge in [0.2, 0.25) is 12.2 Å². The lowest BCUT2D eigenvalue weighted by atomic mass is 10.0. The highest BCUT2D eigenvalue weighted by molar-refractivity contribution is 8.00. The van der Waals surface area contributed by atoms with E-state index in [-0.39, 0.29) is 17.4 Å². The Morgan fingerprint density at radius 1 is 1.00 bits per heavy atom. The van der Waals surface area contributed by atoms with Crippen molar-refractivity contribution < 1.29 is 38.1 Å². The number of carbonyl (C=O) groups excluding carboxylic acids is 3. The number of ether oxygens (including phenoxy) is 5. The molecular weight excluding hydrogens is 412 g/mol. The molecular formula is C16H18N2O10S. The highest BCUT2D eigenvalue weighted by Gasteiger charge is 2.54. The number of thioether (sulfide) groups is 1.